The molecule has 35 heavy (non-hydrogen) atoms. The van der Waals surface area contributed by atoms with Crippen LogP contribution in [0.1, 0.15) is 43.6 Å². The Hall–Kier alpha value is -4.59. The van der Waals surface area contributed by atoms with Crippen molar-refractivity contribution in [3.05, 3.63) is 94.7 Å². The summed E-state index contributed by atoms with van der Waals surface area (Å²) in [5, 5.41) is 16.7. The van der Waals surface area contributed by atoms with Crippen LogP contribution < -0.4 is 14.4 Å². The zero-order valence-electron chi connectivity index (χ0n) is 19.4. The number of ether oxygens (including phenoxy) is 2. The Bertz CT molecular complexity index is 1420. The molecule has 4 aromatic rings. The number of aromatic carboxylic acids is 1. The molecule has 0 spiro atoms. The number of hydrogen-bond acceptors (Lipinski definition) is 5. The summed E-state index contributed by atoms with van der Waals surface area (Å²) in [7, 11) is 3.14. The Kier molecular flexibility index (Phi) is 5.49. The van der Waals surface area contributed by atoms with E-state index < -0.39 is 12.0 Å². The maximum absolute atomic E-state index is 13.7. The van der Waals surface area contributed by atoms with Crippen molar-refractivity contribution in [3.8, 4) is 22.8 Å². The number of rotatable bonds is 6. The van der Waals surface area contributed by atoms with E-state index in [1.54, 1.807) is 37.3 Å². The number of carbonyl (C=O) groups is 2. The lowest BCUT2D eigenvalue weighted by atomic mass is 9.94. The molecule has 5 rings (SSSR count). The minimum absolute atomic E-state index is 0.138. The van der Waals surface area contributed by atoms with Crippen LogP contribution in [-0.2, 0) is 0 Å². The molecule has 1 aliphatic heterocycles. The highest BCUT2D eigenvalue weighted by Gasteiger charge is 2.44. The number of amides is 1. The van der Waals surface area contributed by atoms with Crippen LogP contribution in [0, 0.1) is 6.92 Å². The third-order valence-corrected chi connectivity index (χ3v) is 6.22. The second kappa shape index (κ2) is 8.64. The maximum atomic E-state index is 13.7. The molecule has 2 N–H and O–H groups in total. The Labute approximate surface area is 201 Å². The van der Waals surface area contributed by atoms with Crippen molar-refractivity contribution in [3.63, 3.8) is 0 Å². The lowest BCUT2D eigenvalue weighted by Gasteiger charge is -2.28. The topological polar surface area (TPSA) is 105 Å². The van der Waals surface area contributed by atoms with Gasteiger partial charge in [0.2, 0.25) is 0 Å². The molecule has 0 fully saturated rings. The number of aromatic amines is 1. The van der Waals surface area contributed by atoms with Crippen molar-refractivity contribution in [2.75, 3.05) is 19.1 Å². The van der Waals surface area contributed by atoms with Crippen molar-refractivity contribution < 1.29 is 24.2 Å². The average Bonchev–Trinajstić information content (AvgIpc) is 3.43. The number of benzene rings is 3. The molecule has 1 atom stereocenters. The number of fused-ring (bicyclic) bond motifs is 1. The fraction of sp³-hybridized carbons (Fsp3) is 0.148. The van der Waals surface area contributed by atoms with E-state index in [9.17, 15) is 14.7 Å². The number of aryl methyl sites for hydroxylation is 1. The van der Waals surface area contributed by atoms with Crippen LogP contribution in [0.25, 0.3) is 11.3 Å². The number of carboxylic acids is 1. The summed E-state index contributed by atoms with van der Waals surface area (Å²) in [5.74, 6) is -0.123. The maximum Gasteiger partial charge on any atom is 0.335 e. The van der Waals surface area contributed by atoms with Gasteiger partial charge < -0.3 is 14.6 Å². The van der Waals surface area contributed by atoms with Gasteiger partial charge in [-0.15, -0.1) is 0 Å². The summed E-state index contributed by atoms with van der Waals surface area (Å²) in [6.07, 6.45) is 0. The molecule has 0 saturated carbocycles. The highest BCUT2D eigenvalue weighted by molar-refractivity contribution is 6.12. The number of nitrogens with one attached hydrogen (secondary N) is 1. The minimum atomic E-state index is -1.03. The first-order valence-corrected chi connectivity index (χ1v) is 11.0. The van der Waals surface area contributed by atoms with Gasteiger partial charge in [-0.3, -0.25) is 14.8 Å². The smallest absolute Gasteiger partial charge is 0.335 e. The first-order valence-electron chi connectivity index (χ1n) is 11.0. The van der Waals surface area contributed by atoms with Crippen molar-refractivity contribution >= 4 is 17.6 Å². The lowest BCUT2D eigenvalue weighted by molar-refractivity contribution is 0.0696. The SMILES string of the molecule is COc1ccc([C@@H]2c3c(-c4ccc(C)cc4)n[nH]c3C(=O)N2c2ccc(C(=O)O)cc2)c(OC)c1. The van der Waals surface area contributed by atoms with Crippen molar-refractivity contribution in [1.29, 1.82) is 0 Å². The highest BCUT2D eigenvalue weighted by atomic mass is 16.5. The number of hydrogen-bond donors (Lipinski definition) is 2. The van der Waals surface area contributed by atoms with Gasteiger partial charge in [0.05, 0.1) is 31.5 Å². The van der Waals surface area contributed by atoms with Crippen LogP contribution >= 0.6 is 0 Å². The molecule has 8 heteroatoms. The highest BCUT2D eigenvalue weighted by Crippen LogP contribution is 2.47. The fourth-order valence-corrected chi connectivity index (χ4v) is 4.45. The molecule has 0 unspecified atom stereocenters. The van der Waals surface area contributed by atoms with Gasteiger partial charge in [0.1, 0.15) is 17.2 Å². The van der Waals surface area contributed by atoms with Crippen LogP contribution in [-0.4, -0.2) is 41.4 Å². The molecule has 176 valence electrons. The summed E-state index contributed by atoms with van der Waals surface area (Å²) < 4.78 is 11.1. The number of aromatic nitrogens is 2. The van der Waals surface area contributed by atoms with Gasteiger partial charge in [0.15, 0.2) is 0 Å². The van der Waals surface area contributed by atoms with Crippen LogP contribution in [0.5, 0.6) is 11.5 Å². The van der Waals surface area contributed by atoms with Crippen molar-refractivity contribution in [2.45, 2.75) is 13.0 Å². The zero-order chi connectivity index (χ0) is 24.7. The first-order chi connectivity index (χ1) is 16.9. The van der Waals surface area contributed by atoms with Gasteiger partial charge in [0.25, 0.3) is 5.91 Å². The Balaban J connectivity index is 1.72. The standard InChI is InChI=1S/C27H23N3O5/c1-15-4-6-16(7-5-15)23-22-24(29-28-23)26(31)30(18-10-8-17(9-11-18)27(32)33)25(22)20-13-12-19(34-2)14-21(20)35-3/h4-14,25H,1-3H3,(H,28,29)(H,32,33)/t25-/m1/s1. The average molecular weight is 469 g/mol. The number of methoxy groups -OCH3 is 2. The van der Waals surface area contributed by atoms with E-state index in [1.807, 2.05) is 43.3 Å². The number of H-pyrrole nitrogens is 1. The molecule has 2 heterocycles. The summed E-state index contributed by atoms with van der Waals surface area (Å²) in [5.41, 5.74) is 5.21. The van der Waals surface area contributed by atoms with Crippen molar-refractivity contribution in [2.24, 2.45) is 0 Å². The molecule has 0 saturated heterocycles. The van der Waals surface area contributed by atoms with Crippen molar-refractivity contribution in [1.82, 2.24) is 10.2 Å². The number of carbonyl (C=O) groups excluding carboxylic acids is 1. The molecule has 0 radical (unpaired) electrons. The largest absolute Gasteiger partial charge is 0.497 e. The van der Waals surface area contributed by atoms with Gasteiger partial charge in [-0.05, 0) is 43.3 Å². The molecule has 8 nitrogen and oxygen atoms in total. The van der Waals surface area contributed by atoms with Crippen LogP contribution in [0.2, 0.25) is 0 Å². The molecular formula is C27H23N3O5. The Morgan fingerprint density at radius 1 is 1.00 bits per heavy atom. The summed E-state index contributed by atoms with van der Waals surface area (Å²) >= 11 is 0. The minimum Gasteiger partial charge on any atom is -0.497 e. The summed E-state index contributed by atoms with van der Waals surface area (Å²) in [4.78, 5) is 26.7. The van der Waals surface area contributed by atoms with E-state index in [0.717, 1.165) is 22.3 Å². The predicted molar refractivity (Wildman–Crippen MR) is 130 cm³/mol. The van der Waals surface area contributed by atoms with Crippen LogP contribution in [0.3, 0.4) is 0 Å². The third kappa shape index (κ3) is 3.69. The summed E-state index contributed by atoms with van der Waals surface area (Å²) in [6.45, 7) is 2.01. The second-order valence-corrected chi connectivity index (χ2v) is 8.26. The van der Waals surface area contributed by atoms with E-state index in [-0.39, 0.29) is 11.5 Å². The number of anilines is 1. The molecule has 1 aromatic heterocycles. The molecule has 1 amide bonds. The Morgan fingerprint density at radius 2 is 1.71 bits per heavy atom. The molecule has 0 bridgehead atoms. The van der Waals surface area contributed by atoms with E-state index in [1.165, 1.54) is 12.1 Å². The van der Waals surface area contributed by atoms with E-state index in [0.29, 0.717) is 28.6 Å². The van der Waals surface area contributed by atoms with Gasteiger partial charge in [-0.2, -0.15) is 5.10 Å². The van der Waals surface area contributed by atoms with Gasteiger partial charge in [-0.1, -0.05) is 29.8 Å². The normalized spacial score (nSPS) is 14.7. The van der Waals surface area contributed by atoms with E-state index in [2.05, 4.69) is 10.2 Å². The summed E-state index contributed by atoms with van der Waals surface area (Å²) in [6, 6.07) is 19.1. The van der Waals surface area contributed by atoms with Crippen LogP contribution in [0.15, 0.2) is 66.7 Å². The van der Waals surface area contributed by atoms with E-state index >= 15 is 0 Å². The number of nitrogens with zero attached hydrogens (tertiary/aromatic N) is 2. The molecule has 0 aliphatic carbocycles. The molecule has 1 aliphatic rings. The zero-order valence-corrected chi connectivity index (χ0v) is 19.4. The monoisotopic (exact) mass is 469 g/mol. The first kappa shape index (κ1) is 22.2. The predicted octanol–water partition coefficient (Wildman–Crippen LogP) is 4.85. The van der Waals surface area contributed by atoms with Gasteiger partial charge >= 0.3 is 5.97 Å². The third-order valence-electron chi connectivity index (χ3n) is 6.22. The molecular weight excluding hydrogens is 446 g/mol. The fourth-order valence-electron chi connectivity index (χ4n) is 4.45. The van der Waals surface area contributed by atoms with Gasteiger partial charge in [0, 0.05) is 28.4 Å². The quantitative estimate of drug-likeness (QED) is 0.418. The number of carboxylic acid groups (broad SMARTS) is 1. The van der Waals surface area contributed by atoms with Gasteiger partial charge in [-0.25, -0.2) is 4.79 Å². The van der Waals surface area contributed by atoms with E-state index in [4.69, 9.17) is 9.47 Å². The second-order valence-electron chi connectivity index (χ2n) is 8.26. The Morgan fingerprint density at radius 3 is 2.34 bits per heavy atom. The lowest BCUT2D eigenvalue weighted by Crippen LogP contribution is -2.29. The molecule has 3 aromatic carbocycles. The van der Waals surface area contributed by atoms with Crippen LogP contribution in [0.4, 0.5) is 5.69 Å².